The summed E-state index contributed by atoms with van der Waals surface area (Å²) in [5.74, 6) is 0.323. The molecule has 0 unspecified atom stereocenters. The molecule has 1 rings (SSSR count). The standard InChI is InChI=1S/C14H19NO5/c1-4-15(5-2)13(16)19-11-9-7-8-10-12(11)20-14(17)18-6-3/h7-10H,4-6H2,1-3H3. The number of rotatable bonds is 5. The molecule has 0 heterocycles. The molecule has 20 heavy (non-hydrogen) atoms. The Morgan fingerprint density at radius 1 is 1.00 bits per heavy atom. The Labute approximate surface area is 118 Å². The molecule has 0 saturated heterocycles. The van der Waals surface area contributed by atoms with Crippen LogP contribution in [0.15, 0.2) is 24.3 Å². The Balaban J connectivity index is 2.80. The zero-order chi connectivity index (χ0) is 15.0. The first kappa shape index (κ1) is 15.8. The molecule has 0 aliphatic heterocycles. The van der Waals surface area contributed by atoms with Crippen LogP contribution in [0.2, 0.25) is 0 Å². The van der Waals surface area contributed by atoms with Crippen LogP contribution in [0.5, 0.6) is 11.5 Å². The molecule has 0 spiro atoms. The lowest BCUT2D eigenvalue weighted by atomic mass is 10.3. The fraction of sp³-hybridized carbons (Fsp3) is 0.429. The first-order valence-electron chi connectivity index (χ1n) is 6.52. The molecular formula is C14H19NO5. The summed E-state index contributed by atoms with van der Waals surface area (Å²) in [6.07, 6.45) is -1.33. The Morgan fingerprint density at radius 3 is 2.05 bits per heavy atom. The molecule has 0 fully saturated rings. The Kier molecular flexibility index (Phi) is 6.36. The number of nitrogens with zero attached hydrogens (tertiary/aromatic N) is 1. The van der Waals surface area contributed by atoms with Crippen LogP contribution in [-0.2, 0) is 4.74 Å². The van der Waals surface area contributed by atoms with Crippen LogP contribution in [0.1, 0.15) is 20.8 Å². The third kappa shape index (κ3) is 4.46. The molecule has 1 amide bonds. The van der Waals surface area contributed by atoms with Crippen molar-refractivity contribution in [3.63, 3.8) is 0 Å². The summed E-state index contributed by atoms with van der Waals surface area (Å²) >= 11 is 0. The SMILES string of the molecule is CCOC(=O)Oc1ccccc1OC(=O)N(CC)CC. The number of hydrogen-bond acceptors (Lipinski definition) is 5. The van der Waals surface area contributed by atoms with Crippen LogP contribution in [0.4, 0.5) is 9.59 Å². The maximum absolute atomic E-state index is 11.9. The van der Waals surface area contributed by atoms with Crippen molar-refractivity contribution >= 4 is 12.2 Å². The molecule has 1 aromatic rings. The molecule has 0 saturated carbocycles. The third-order valence-corrected chi connectivity index (χ3v) is 2.52. The average molecular weight is 281 g/mol. The molecule has 6 nitrogen and oxygen atoms in total. The molecule has 0 atom stereocenters. The molecule has 0 aliphatic carbocycles. The second kappa shape index (κ2) is 8.04. The Morgan fingerprint density at radius 2 is 1.55 bits per heavy atom. The second-order valence-electron chi connectivity index (χ2n) is 3.77. The minimum absolute atomic E-state index is 0.145. The largest absolute Gasteiger partial charge is 0.513 e. The first-order valence-corrected chi connectivity index (χ1v) is 6.52. The Hall–Kier alpha value is -2.24. The lowest BCUT2D eigenvalue weighted by molar-refractivity contribution is 0.102. The lowest BCUT2D eigenvalue weighted by Crippen LogP contribution is -2.33. The highest BCUT2D eigenvalue weighted by molar-refractivity contribution is 5.72. The molecule has 0 bridgehead atoms. The first-order chi connectivity index (χ1) is 9.62. The van der Waals surface area contributed by atoms with Gasteiger partial charge in [0.25, 0.3) is 0 Å². The molecule has 0 aromatic heterocycles. The van der Waals surface area contributed by atoms with Gasteiger partial charge >= 0.3 is 12.2 Å². The third-order valence-electron chi connectivity index (χ3n) is 2.52. The number of carbonyl (C=O) groups excluding carboxylic acids is 2. The maximum Gasteiger partial charge on any atom is 0.513 e. The molecule has 0 radical (unpaired) electrons. The van der Waals surface area contributed by atoms with E-state index in [0.717, 1.165) is 0 Å². The van der Waals surface area contributed by atoms with Crippen LogP contribution in [0.3, 0.4) is 0 Å². The number of para-hydroxylation sites is 2. The summed E-state index contributed by atoms with van der Waals surface area (Å²) in [5, 5.41) is 0. The normalized spacial score (nSPS) is 9.75. The van der Waals surface area contributed by atoms with Crippen molar-refractivity contribution in [3.8, 4) is 11.5 Å². The van der Waals surface area contributed by atoms with Gasteiger partial charge in [-0.2, -0.15) is 0 Å². The number of amides is 1. The van der Waals surface area contributed by atoms with Crippen molar-refractivity contribution in [2.24, 2.45) is 0 Å². The summed E-state index contributed by atoms with van der Waals surface area (Å²) in [6, 6.07) is 6.43. The van der Waals surface area contributed by atoms with Crippen LogP contribution in [-0.4, -0.2) is 36.8 Å². The van der Waals surface area contributed by atoms with Crippen molar-refractivity contribution in [1.82, 2.24) is 4.90 Å². The highest BCUT2D eigenvalue weighted by atomic mass is 16.7. The monoisotopic (exact) mass is 281 g/mol. The van der Waals surface area contributed by atoms with Gasteiger partial charge in [-0.1, -0.05) is 12.1 Å². The fourth-order valence-electron chi connectivity index (χ4n) is 1.50. The highest BCUT2D eigenvalue weighted by Gasteiger charge is 2.16. The zero-order valence-electron chi connectivity index (χ0n) is 11.9. The maximum atomic E-state index is 11.9. The summed E-state index contributed by atoms with van der Waals surface area (Å²) < 4.78 is 14.9. The quantitative estimate of drug-likeness (QED) is 0.613. The lowest BCUT2D eigenvalue weighted by Gasteiger charge is -2.18. The van der Waals surface area contributed by atoms with Gasteiger partial charge in [0, 0.05) is 13.1 Å². The van der Waals surface area contributed by atoms with E-state index in [1.165, 1.54) is 11.0 Å². The molecular weight excluding hydrogens is 262 g/mol. The second-order valence-corrected chi connectivity index (χ2v) is 3.77. The number of carbonyl (C=O) groups is 2. The van der Waals surface area contributed by atoms with Gasteiger partial charge in [-0.05, 0) is 32.9 Å². The van der Waals surface area contributed by atoms with Crippen LogP contribution < -0.4 is 9.47 Å². The summed E-state index contributed by atoms with van der Waals surface area (Å²) in [7, 11) is 0. The van der Waals surface area contributed by atoms with Crippen LogP contribution in [0, 0.1) is 0 Å². The van der Waals surface area contributed by atoms with Crippen molar-refractivity contribution in [2.75, 3.05) is 19.7 Å². The van der Waals surface area contributed by atoms with Gasteiger partial charge < -0.3 is 19.1 Å². The number of hydrogen-bond donors (Lipinski definition) is 0. The van der Waals surface area contributed by atoms with Gasteiger partial charge in [-0.3, -0.25) is 0 Å². The van der Waals surface area contributed by atoms with Crippen LogP contribution in [0.25, 0.3) is 0 Å². The average Bonchev–Trinajstić information content (AvgIpc) is 2.42. The minimum atomic E-state index is -0.834. The van der Waals surface area contributed by atoms with Gasteiger partial charge in [-0.25, -0.2) is 9.59 Å². The van der Waals surface area contributed by atoms with Gasteiger partial charge in [0.15, 0.2) is 11.5 Å². The van der Waals surface area contributed by atoms with E-state index in [0.29, 0.717) is 13.1 Å². The van der Waals surface area contributed by atoms with Crippen molar-refractivity contribution in [3.05, 3.63) is 24.3 Å². The van der Waals surface area contributed by atoms with Crippen molar-refractivity contribution in [1.29, 1.82) is 0 Å². The summed E-state index contributed by atoms with van der Waals surface area (Å²) in [6.45, 7) is 6.66. The molecule has 6 heteroatoms. The van der Waals surface area contributed by atoms with Gasteiger partial charge in [0.05, 0.1) is 6.61 Å². The number of benzene rings is 1. The van der Waals surface area contributed by atoms with Gasteiger partial charge in [-0.15, -0.1) is 0 Å². The Bertz CT molecular complexity index is 457. The summed E-state index contributed by atoms with van der Waals surface area (Å²) in [4.78, 5) is 24.7. The van der Waals surface area contributed by atoms with E-state index in [4.69, 9.17) is 9.47 Å². The van der Waals surface area contributed by atoms with Crippen molar-refractivity contribution in [2.45, 2.75) is 20.8 Å². The predicted octanol–water partition coefficient (Wildman–Crippen LogP) is 3.06. The highest BCUT2D eigenvalue weighted by Crippen LogP contribution is 2.27. The van der Waals surface area contributed by atoms with E-state index in [1.54, 1.807) is 25.1 Å². The summed E-state index contributed by atoms with van der Waals surface area (Å²) in [5.41, 5.74) is 0. The minimum Gasteiger partial charge on any atom is -0.434 e. The molecule has 110 valence electrons. The van der Waals surface area contributed by atoms with Crippen molar-refractivity contribution < 1.29 is 23.8 Å². The predicted molar refractivity (Wildman–Crippen MR) is 73.0 cm³/mol. The van der Waals surface area contributed by atoms with E-state index in [-0.39, 0.29) is 18.1 Å². The van der Waals surface area contributed by atoms with E-state index in [2.05, 4.69) is 4.74 Å². The van der Waals surface area contributed by atoms with Gasteiger partial charge in [0.1, 0.15) is 0 Å². The smallest absolute Gasteiger partial charge is 0.434 e. The van der Waals surface area contributed by atoms with E-state index in [9.17, 15) is 9.59 Å². The molecule has 0 aliphatic rings. The van der Waals surface area contributed by atoms with Gasteiger partial charge in [0.2, 0.25) is 0 Å². The van der Waals surface area contributed by atoms with Crippen LogP contribution >= 0.6 is 0 Å². The zero-order valence-corrected chi connectivity index (χ0v) is 11.9. The number of ether oxygens (including phenoxy) is 3. The fourth-order valence-corrected chi connectivity index (χ4v) is 1.50. The molecule has 0 N–H and O–H groups in total. The van der Waals surface area contributed by atoms with E-state index in [1.807, 2.05) is 13.8 Å². The van der Waals surface area contributed by atoms with E-state index >= 15 is 0 Å². The topological polar surface area (TPSA) is 65.1 Å². The van der Waals surface area contributed by atoms with E-state index < -0.39 is 12.2 Å². The molecule has 1 aromatic carbocycles.